The third-order valence-electron chi connectivity index (χ3n) is 3.90. The van der Waals surface area contributed by atoms with Gasteiger partial charge in [0.05, 0.1) is 0 Å². The SMILES string of the molecule is Nc1ccc(S(=O)(=O)N2CC3CCC2C3)c(F)c1. The Morgan fingerprint density at radius 2 is 2.11 bits per heavy atom. The lowest BCUT2D eigenvalue weighted by molar-refractivity contribution is 0.332. The number of rotatable bonds is 2. The fourth-order valence-corrected chi connectivity index (χ4v) is 4.82. The molecule has 3 rings (SSSR count). The van der Waals surface area contributed by atoms with E-state index in [9.17, 15) is 12.8 Å². The molecule has 1 saturated carbocycles. The molecule has 0 aromatic heterocycles. The monoisotopic (exact) mass is 270 g/mol. The van der Waals surface area contributed by atoms with Gasteiger partial charge in [-0.1, -0.05) is 0 Å². The molecule has 2 unspecified atom stereocenters. The summed E-state index contributed by atoms with van der Waals surface area (Å²) < 4.78 is 40.0. The summed E-state index contributed by atoms with van der Waals surface area (Å²) in [5.41, 5.74) is 5.67. The molecule has 98 valence electrons. The van der Waals surface area contributed by atoms with Gasteiger partial charge in [0.25, 0.3) is 0 Å². The number of anilines is 1. The standard InChI is InChI=1S/C12H15FN2O2S/c13-11-6-9(14)2-4-12(11)18(16,17)15-7-8-1-3-10(15)5-8/h2,4,6,8,10H,1,3,5,7,14H2. The Kier molecular flexibility index (Phi) is 2.60. The molecule has 1 aromatic carbocycles. The molecule has 2 fully saturated rings. The molecular weight excluding hydrogens is 255 g/mol. The second-order valence-electron chi connectivity index (χ2n) is 5.10. The Bertz CT molecular complexity index is 588. The van der Waals surface area contributed by atoms with Gasteiger partial charge in [-0.3, -0.25) is 0 Å². The first-order valence-corrected chi connectivity index (χ1v) is 7.49. The van der Waals surface area contributed by atoms with E-state index >= 15 is 0 Å². The Labute approximate surface area is 106 Å². The number of hydrogen-bond acceptors (Lipinski definition) is 3. The smallest absolute Gasteiger partial charge is 0.246 e. The first-order chi connectivity index (χ1) is 8.48. The minimum atomic E-state index is -3.71. The van der Waals surface area contributed by atoms with Crippen LogP contribution in [0.25, 0.3) is 0 Å². The van der Waals surface area contributed by atoms with Crippen LogP contribution in [0.1, 0.15) is 19.3 Å². The highest BCUT2D eigenvalue weighted by molar-refractivity contribution is 7.89. The van der Waals surface area contributed by atoms with Crippen LogP contribution in [0.3, 0.4) is 0 Å². The van der Waals surface area contributed by atoms with Crippen molar-refractivity contribution < 1.29 is 12.8 Å². The van der Waals surface area contributed by atoms with Crippen molar-refractivity contribution in [2.75, 3.05) is 12.3 Å². The molecule has 18 heavy (non-hydrogen) atoms. The summed E-state index contributed by atoms with van der Waals surface area (Å²) in [6.45, 7) is 0.525. The van der Waals surface area contributed by atoms with Crippen LogP contribution in [0.4, 0.5) is 10.1 Å². The number of hydrogen-bond donors (Lipinski definition) is 1. The molecule has 1 saturated heterocycles. The van der Waals surface area contributed by atoms with Crippen molar-refractivity contribution in [3.8, 4) is 0 Å². The summed E-state index contributed by atoms with van der Waals surface area (Å²) in [6, 6.07) is 3.79. The molecule has 0 radical (unpaired) electrons. The number of halogens is 1. The van der Waals surface area contributed by atoms with Gasteiger partial charge < -0.3 is 5.73 Å². The fourth-order valence-electron chi connectivity index (χ4n) is 3.03. The van der Waals surface area contributed by atoms with Crippen molar-refractivity contribution in [2.24, 2.45) is 5.92 Å². The number of nitrogens with two attached hydrogens (primary N) is 1. The first kappa shape index (κ1) is 11.9. The molecule has 2 atom stereocenters. The minimum Gasteiger partial charge on any atom is -0.399 e. The summed E-state index contributed by atoms with van der Waals surface area (Å²) in [5, 5.41) is 0. The molecule has 1 heterocycles. The lowest BCUT2D eigenvalue weighted by atomic mass is 10.1. The summed E-state index contributed by atoms with van der Waals surface area (Å²) in [4.78, 5) is -0.260. The van der Waals surface area contributed by atoms with Crippen LogP contribution >= 0.6 is 0 Å². The van der Waals surface area contributed by atoms with Gasteiger partial charge in [0.1, 0.15) is 10.7 Å². The van der Waals surface area contributed by atoms with Crippen molar-refractivity contribution in [1.82, 2.24) is 4.31 Å². The Morgan fingerprint density at radius 1 is 1.33 bits per heavy atom. The second-order valence-corrected chi connectivity index (χ2v) is 6.96. The summed E-state index contributed by atoms with van der Waals surface area (Å²) >= 11 is 0. The van der Waals surface area contributed by atoms with Crippen molar-refractivity contribution in [3.63, 3.8) is 0 Å². The van der Waals surface area contributed by atoms with E-state index in [0.717, 1.165) is 25.3 Å². The predicted octanol–water partition coefficient (Wildman–Crippen LogP) is 1.58. The molecular formula is C12H15FN2O2S. The number of nitrogen functional groups attached to an aromatic ring is 1. The van der Waals surface area contributed by atoms with Gasteiger partial charge in [-0.05, 0) is 43.4 Å². The van der Waals surface area contributed by atoms with E-state index in [1.165, 1.54) is 16.4 Å². The number of fused-ring (bicyclic) bond motifs is 2. The van der Waals surface area contributed by atoms with E-state index < -0.39 is 15.8 Å². The second kappa shape index (κ2) is 3.93. The summed E-state index contributed by atoms with van der Waals surface area (Å²) in [5.74, 6) is -0.320. The van der Waals surface area contributed by atoms with Crippen LogP contribution in [0.2, 0.25) is 0 Å². The van der Waals surface area contributed by atoms with Crippen LogP contribution in [0.5, 0.6) is 0 Å². The fraction of sp³-hybridized carbons (Fsp3) is 0.500. The van der Waals surface area contributed by atoms with Gasteiger partial charge in [0, 0.05) is 18.3 Å². The number of sulfonamides is 1. The van der Waals surface area contributed by atoms with E-state index in [0.29, 0.717) is 12.5 Å². The molecule has 2 aliphatic rings. The average molecular weight is 270 g/mol. The topological polar surface area (TPSA) is 63.4 Å². The van der Waals surface area contributed by atoms with Crippen molar-refractivity contribution in [3.05, 3.63) is 24.0 Å². The lowest BCUT2D eigenvalue weighted by Crippen LogP contribution is -2.38. The molecule has 1 aliphatic heterocycles. The molecule has 0 spiro atoms. The maximum Gasteiger partial charge on any atom is 0.246 e. The number of piperidine rings is 1. The van der Waals surface area contributed by atoms with Crippen molar-refractivity contribution >= 4 is 15.7 Å². The van der Waals surface area contributed by atoms with Crippen molar-refractivity contribution in [2.45, 2.75) is 30.2 Å². The van der Waals surface area contributed by atoms with E-state index in [2.05, 4.69) is 0 Å². The molecule has 4 nitrogen and oxygen atoms in total. The summed E-state index contributed by atoms with van der Waals surface area (Å²) in [7, 11) is -3.71. The molecule has 1 aliphatic carbocycles. The van der Waals surface area contributed by atoms with Gasteiger partial charge in [0.15, 0.2) is 0 Å². The third kappa shape index (κ3) is 1.71. The first-order valence-electron chi connectivity index (χ1n) is 6.05. The Morgan fingerprint density at radius 3 is 2.67 bits per heavy atom. The summed E-state index contributed by atoms with van der Waals surface area (Å²) in [6.07, 6.45) is 2.89. The van der Waals surface area contributed by atoms with E-state index in [-0.39, 0.29) is 16.6 Å². The Balaban J connectivity index is 2.00. The average Bonchev–Trinajstić information content (AvgIpc) is 2.90. The van der Waals surface area contributed by atoms with Gasteiger partial charge >= 0.3 is 0 Å². The van der Waals surface area contributed by atoms with Crippen LogP contribution in [0.15, 0.2) is 23.1 Å². The molecule has 0 amide bonds. The Hall–Kier alpha value is -1.14. The minimum absolute atomic E-state index is 0.0527. The third-order valence-corrected chi connectivity index (χ3v) is 5.85. The van der Waals surface area contributed by atoms with E-state index in [1.54, 1.807) is 0 Å². The molecule has 2 N–H and O–H groups in total. The van der Waals surface area contributed by atoms with Crippen LogP contribution in [-0.2, 0) is 10.0 Å². The molecule has 6 heteroatoms. The van der Waals surface area contributed by atoms with Crippen LogP contribution in [0, 0.1) is 11.7 Å². The van der Waals surface area contributed by atoms with E-state index in [1.807, 2.05) is 0 Å². The van der Waals surface area contributed by atoms with Gasteiger partial charge in [0.2, 0.25) is 10.0 Å². The highest BCUT2D eigenvalue weighted by atomic mass is 32.2. The van der Waals surface area contributed by atoms with Crippen molar-refractivity contribution in [1.29, 1.82) is 0 Å². The van der Waals surface area contributed by atoms with Crippen LogP contribution in [-0.4, -0.2) is 25.3 Å². The normalized spacial score (nSPS) is 27.8. The largest absolute Gasteiger partial charge is 0.399 e. The number of nitrogens with zero attached hydrogens (tertiary/aromatic N) is 1. The highest BCUT2D eigenvalue weighted by Gasteiger charge is 2.44. The molecule has 1 aromatic rings. The lowest BCUT2D eigenvalue weighted by Gasteiger charge is -2.26. The highest BCUT2D eigenvalue weighted by Crippen LogP contribution is 2.40. The maximum absolute atomic E-state index is 13.8. The number of benzene rings is 1. The maximum atomic E-state index is 13.8. The van der Waals surface area contributed by atoms with Gasteiger partial charge in [-0.15, -0.1) is 0 Å². The van der Waals surface area contributed by atoms with E-state index in [4.69, 9.17) is 5.73 Å². The predicted molar refractivity (Wildman–Crippen MR) is 65.8 cm³/mol. The zero-order valence-electron chi connectivity index (χ0n) is 9.84. The molecule has 2 bridgehead atoms. The zero-order valence-corrected chi connectivity index (χ0v) is 10.7. The van der Waals surface area contributed by atoms with Crippen LogP contribution < -0.4 is 5.73 Å². The zero-order chi connectivity index (χ0) is 12.9. The van der Waals surface area contributed by atoms with Gasteiger partial charge in [-0.25, -0.2) is 12.8 Å². The quantitative estimate of drug-likeness (QED) is 0.830. The van der Waals surface area contributed by atoms with Gasteiger partial charge in [-0.2, -0.15) is 4.31 Å².